The molecule has 0 bridgehead atoms. The van der Waals surface area contributed by atoms with Gasteiger partial charge in [0.1, 0.15) is 10.0 Å². The van der Waals surface area contributed by atoms with Gasteiger partial charge >= 0.3 is 12.0 Å². The Hall–Kier alpha value is -2.50. The van der Waals surface area contributed by atoms with Gasteiger partial charge in [-0.15, -0.1) is 11.3 Å². The molecule has 0 radical (unpaired) electrons. The summed E-state index contributed by atoms with van der Waals surface area (Å²) >= 11 is 0.950. The third-order valence-electron chi connectivity index (χ3n) is 4.21. The van der Waals surface area contributed by atoms with Gasteiger partial charge in [-0.1, -0.05) is 0 Å². The average Bonchev–Trinajstić information content (AvgIpc) is 3.20. The molecule has 28 heavy (non-hydrogen) atoms. The van der Waals surface area contributed by atoms with E-state index in [2.05, 4.69) is 10.1 Å². The van der Waals surface area contributed by atoms with Gasteiger partial charge in [-0.25, -0.2) is 22.4 Å². The number of thiophene rings is 1. The quantitative estimate of drug-likeness (QED) is 0.755. The smallest absolute Gasteiger partial charge is 0.338 e. The fourth-order valence-corrected chi connectivity index (χ4v) is 5.40. The molecule has 1 N–H and O–H groups in total. The van der Waals surface area contributed by atoms with Gasteiger partial charge in [-0.05, 0) is 30.3 Å². The number of ether oxygens (including phenoxy) is 1. The minimum Gasteiger partial charge on any atom is -0.465 e. The number of hydrogen-bond acceptors (Lipinski definition) is 6. The first kappa shape index (κ1) is 20.2. The molecule has 2 aromatic rings. The number of hydrogen-bond donors (Lipinski definition) is 1. The number of esters is 1. The minimum atomic E-state index is -3.75. The first-order valence-electron chi connectivity index (χ1n) is 8.30. The SMILES string of the molecule is COC(=O)c1csc(S(=O)(=O)N2CCN(C(=O)Nc3ccc(F)cc3)CC2)c1. The topological polar surface area (TPSA) is 96.0 Å². The Morgan fingerprint density at radius 3 is 2.39 bits per heavy atom. The van der Waals surface area contributed by atoms with Crippen molar-refractivity contribution in [1.29, 1.82) is 0 Å². The number of halogens is 1. The van der Waals surface area contributed by atoms with E-state index in [1.165, 1.54) is 52.0 Å². The first-order valence-corrected chi connectivity index (χ1v) is 10.6. The molecule has 3 rings (SSSR count). The van der Waals surface area contributed by atoms with E-state index < -0.39 is 21.8 Å². The van der Waals surface area contributed by atoms with Crippen LogP contribution in [0, 0.1) is 5.82 Å². The van der Waals surface area contributed by atoms with Crippen LogP contribution in [-0.2, 0) is 14.8 Å². The molecule has 0 atom stereocenters. The molecular weight excluding hydrogens is 409 g/mol. The number of sulfonamides is 1. The molecule has 0 aliphatic carbocycles. The summed E-state index contributed by atoms with van der Waals surface area (Å²) in [6.45, 7) is 0.679. The highest BCUT2D eigenvalue weighted by Gasteiger charge is 2.31. The van der Waals surface area contributed by atoms with Crippen LogP contribution in [0.1, 0.15) is 10.4 Å². The number of carbonyl (C=O) groups is 2. The standard InChI is InChI=1S/C17H18FN3O5S2/c1-26-16(22)12-10-15(27-11-12)28(24,25)21-8-6-20(7-9-21)17(23)19-14-4-2-13(18)3-5-14/h2-5,10-11H,6-9H2,1H3,(H,19,23). The fraction of sp³-hybridized carbons (Fsp3) is 0.294. The first-order chi connectivity index (χ1) is 13.3. The Morgan fingerprint density at radius 1 is 1.14 bits per heavy atom. The number of piperazine rings is 1. The van der Waals surface area contributed by atoms with Crippen LogP contribution in [0.25, 0.3) is 0 Å². The second-order valence-corrected chi connectivity index (χ2v) is 9.05. The molecule has 1 aromatic heterocycles. The van der Waals surface area contributed by atoms with E-state index in [9.17, 15) is 22.4 Å². The number of amides is 2. The Bertz CT molecular complexity index is 967. The molecule has 0 saturated carbocycles. The van der Waals surface area contributed by atoms with Crippen LogP contribution in [0.2, 0.25) is 0 Å². The van der Waals surface area contributed by atoms with Crippen molar-refractivity contribution in [1.82, 2.24) is 9.21 Å². The lowest BCUT2D eigenvalue weighted by atomic mass is 10.3. The maximum atomic E-state index is 12.9. The lowest BCUT2D eigenvalue weighted by Crippen LogP contribution is -2.51. The van der Waals surface area contributed by atoms with Gasteiger partial charge in [-0.2, -0.15) is 4.31 Å². The van der Waals surface area contributed by atoms with E-state index in [-0.39, 0.29) is 42.0 Å². The normalized spacial score (nSPS) is 15.3. The number of anilines is 1. The third kappa shape index (κ3) is 4.32. The van der Waals surface area contributed by atoms with Crippen LogP contribution in [-0.4, -0.2) is 62.9 Å². The zero-order valence-corrected chi connectivity index (χ0v) is 16.6. The van der Waals surface area contributed by atoms with Crippen molar-refractivity contribution in [3.05, 3.63) is 47.1 Å². The lowest BCUT2D eigenvalue weighted by molar-refractivity contribution is 0.0601. The molecule has 1 aromatic carbocycles. The Balaban J connectivity index is 1.61. The van der Waals surface area contributed by atoms with E-state index in [0.717, 1.165) is 11.3 Å². The van der Waals surface area contributed by atoms with Crippen molar-refractivity contribution in [2.24, 2.45) is 0 Å². The van der Waals surface area contributed by atoms with Crippen molar-refractivity contribution in [2.45, 2.75) is 4.21 Å². The number of benzene rings is 1. The molecule has 11 heteroatoms. The number of nitrogens with zero attached hydrogens (tertiary/aromatic N) is 2. The van der Waals surface area contributed by atoms with Crippen LogP contribution >= 0.6 is 11.3 Å². The summed E-state index contributed by atoms with van der Waals surface area (Å²) in [7, 11) is -2.53. The van der Waals surface area contributed by atoms with Crippen LogP contribution in [0.5, 0.6) is 0 Å². The monoisotopic (exact) mass is 427 g/mol. The van der Waals surface area contributed by atoms with Crippen molar-refractivity contribution < 1.29 is 27.1 Å². The zero-order chi connectivity index (χ0) is 20.3. The summed E-state index contributed by atoms with van der Waals surface area (Å²) in [5, 5.41) is 4.08. The highest BCUT2D eigenvalue weighted by Crippen LogP contribution is 2.25. The van der Waals surface area contributed by atoms with Gasteiger partial charge in [-0.3, -0.25) is 0 Å². The van der Waals surface area contributed by atoms with Crippen LogP contribution in [0.4, 0.5) is 14.9 Å². The van der Waals surface area contributed by atoms with Crippen LogP contribution in [0.3, 0.4) is 0 Å². The molecule has 2 heterocycles. The maximum Gasteiger partial charge on any atom is 0.338 e. The van der Waals surface area contributed by atoms with Crippen molar-refractivity contribution in [2.75, 3.05) is 38.6 Å². The van der Waals surface area contributed by atoms with Gasteiger partial charge in [0.05, 0.1) is 12.7 Å². The number of rotatable bonds is 4. The van der Waals surface area contributed by atoms with Crippen molar-refractivity contribution in [3.63, 3.8) is 0 Å². The molecule has 2 amide bonds. The number of methoxy groups -OCH3 is 1. The highest BCUT2D eigenvalue weighted by molar-refractivity contribution is 7.91. The molecule has 0 unspecified atom stereocenters. The molecule has 0 spiro atoms. The maximum absolute atomic E-state index is 12.9. The van der Waals surface area contributed by atoms with E-state index in [1.807, 2.05) is 0 Å². The van der Waals surface area contributed by atoms with E-state index in [4.69, 9.17) is 0 Å². The van der Waals surface area contributed by atoms with E-state index in [0.29, 0.717) is 5.69 Å². The molecule has 1 fully saturated rings. The Kier molecular flexibility index (Phi) is 5.96. The predicted molar refractivity (Wildman–Crippen MR) is 101 cm³/mol. The Labute approximate surface area is 165 Å². The van der Waals surface area contributed by atoms with Crippen molar-refractivity contribution in [3.8, 4) is 0 Å². The number of carbonyl (C=O) groups excluding carboxylic acids is 2. The summed E-state index contributed by atoms with van der Waals surface area (Å²) in [4.78, 5) is 25.3. The molecule has 1 saturated heterocycles. The Morgan fingerprint density at radius 2 is 1.79 bits per heavy atom. The summed E-state index contributed by atoms with van der Waals surface area (Å²) in [5.41, 5.74) is 0.638. The summed E-state index contributed by atoms with van der Waals surface area (Å²) in [5.74, 6) is -0.999. The average molecular weight is 427 g/mol. The van der Waals surface area contributed by atoms with Gasteiger partial charge in [0.15, 0.2) is 0 Å². The van der Waals surface area contributed by atoms with Gasteiger partial charge in [0, 0.05) is 37.2 Å². The highest BCUT2D eigenvalue weighted by atomic mass is 32.2. The summed E-state index contributed by atoms with van der Waals surface area (Å²) < 4.78 is 44.3. The van der Waals surface area contributed by atoms with E-state index in [1.54, 1.807) is 0 Å². The largest absolute Gasteiger partial charge is 0.465 e. The second kappa shape index (κ2) is 8.25. The summed E-state index contributed by atoms with van der Waals surface area (Å²) in [6.07, 6.45) is 0. The molecule has 1 aliphatic heterocycles. The van der Waals surface area contributed by atoms with Gasteiger partial charge < -0.3 is 15.0 Å². The summed E-state index contributed by atoms with van der Waals surface area (Å²) in [6, 6.07) is 6.29. The second-order valence-electron chi connectivity index (χ2n) is 5.97. The lowest BCUT2D eigenvalue weighted by Gasteiger charge is -2.33. The zero-order valence-electron chi connectivity index (χ0n) is 14.9. The predicted octanol–water partition coefficient (Wildman–Crippen LogP) is 2.21. The minimum absolute atomic E-state index is 0.0529. The number of urea groups is 1. The molecule has 150 valence electrons. The molecule has 8 nitrogen and oxygen atoms in total. The van der Waals surface area contributed by atoms with Crippen molar-refractivity contribution >= 4 is 39.0 Å². The fourth-order valence-electron chi connectivity index (χ4n) is 2.67. The number of nitrogens with one attached hydrogen (secondary N) is 1. The van der Waals surface area contributed by atoms with E-state index >= 15 is 0 Å². The van der Waals surface area contributed by atoms with Gasteiger partial charge in [0.25, 0.3) is 10.0 Å². The van der Waals surface area contributed by atoms with Gasteiger partial charge in [0.2, 0.25) is 0 Å². The van der Waals surface area contributed by atoms with Crippen LogP contribution < -0.4 is 5.32 Å². The van der Waals surface area contributed by atoms with Crippen LogP contribution in [0.15, 0.2) is 39.9 Å². The molecule has 1 aliphatic rings. The third-order valence-corrected chi connectivity index (χ3v) is 7.53. The molecular formula is C17H18FN3O5S2.